The minimum Gasteiger partial charge on any atom is -0.284 e. The Morgan fingerprint density at radius 3 is 2.67 bits per heavy atom. The van der Waals surface area contributed by atoms with E-state index in [-0.39, 0.29) is 11.2 Å². The molecule has 0 aliphatic heterocycles. The van der Waals surface area contributed by atoms with Crippen LogP contribution in [0, 0.1) is 10.8 Å². The molecule has 0 aliphatic carbocycles. The van der Waals surface area contributed by atoms with Crippen LogP contribution in [0.1, 0.15) is 11.7 Å². The number of alkyl halides is 1. The van der Waals surface area contributed by atoms with Gasteiger partial charge in [0.25, 0.3) is 0 Å². The maximum Gasteiger partial charge on any atom is 0.244 e. The van der Waals surface area contributed by atoms with E-state index in [0.717, 1.165) is 26.7 Å². The van der Waals surface area contributed by atoms with Crippen LogP contribution in [0.2, 0.25) is 0 Å². The summed E-state index contributed by atoms with van der Waals surface area (Å²) in [5, 5.41) is 24.4. The number of benzene rings is 1. The van der Waals surface area contributed by atoms with Crippen molar-refractivity contribution in [1.82, 2.24) is 29.5 Å². The summed E-state index contributed by atoms with van der Waals surface area (Å²) >= 11 is 0. The van der Waals surface area contributed by atoms with E-state index in [1.54, 1.807) is 35.3 Å². The number of aryl methyl sites for hydroxylation is 1. The molecule has 4 aromatic rings. The van der Waals surface area contributed by atoms with Crippen LogP contribution in [0.3, 0.4) is 0 Å². The molecule has 2 N–H and O–H groups in total. The Balaban J connectivity index is 1.72. The molecule has 0 fully saturated rings. The van der Waals surface area contributed by atoms with Gasteiger partial charge in [0.05, 0.1) is 24.1 Å². The molecular formula is C18H15FN8. The van der Waals surface area contributed by atoms with E-state index < -0.39 is 12.0 Å². The fourth-order valence-electron chi connectivity index (χ4n) is 2.79. The highest BCUT2D eigenvalue weighted by Gasteiger charge is 2.19. The van der Waals surface area contributed by atoms with Gasteiger partial charge in [0.2, 0.25) is 5.62 Å². The summed E-state index contributed by atoms with van der Waals surface area (Å²) in [6.07, 6.45) is 6.24. The second-order valence-corrected chi connectivity index (χ2v) is 6.00. The average molecular weight is 362 g/mol. The Kier molecular flexibility index (Phi) is 4.03. The molecule has 0 aliphatic rings. The molecule has 0 spiro atoms. The molecule has 27 heavy (non-hydrogen) atoms. The number of halogens is 1. The SMILES string of the molecule is Cn1cc(-c2cnc3ccc(C(F)C(=N)n4nccnc4=N)cc3c2)cn1. The van der Waals surface area contributed by atoms with Crippen molar-refractivity contribution in [3.8, 4) is 11.1 Å². The van der Waals surface area contributed by atoms with Gasteiger partial charge in [0.1, 0.15) is 0 Å². The van der Waals surface area contributed by atoms with Crippen molar-refractivity contribution in [1.29, 1.82) is 10.8 Å². The van der Waals surface area contributed by atoms with Crippen LogP contribution in [0.4, 0.5) is 4.39 Å². The predicted octanol–water partition coefficient (Wildman–Crippen LogP) is 2.24. The van der Waals surface area contributed by atoms with Gasteiger partial charge < -0.3 is 0 Å². The first-order valence-corrected chi connectivity index (χ1v) is 8.09. The van der Waals surface area contributed by atoms with Crippen LogP contribution in [0.5, 0.6) is 0 Å². The van der Waals surface area contributed by atoms with E-state index >= 15 is 0 Å². The second kappa shape index (κ2) is 6.52. The zero-order chi connectivity index (χ0) is 19.0. The first kappa shape index (κ1) is 16.7. The molecule has 4 rings (SSSR count). The molecule has 3 heterocycles. The number of nitrogens with zero attached hydrogens (tertiary/aromatic N) is 6. The lowest BCUT2D eigenvalue weighted by Gasteiger charge is -2.12. The van der Waals surface area contributed by atoms with Gasteiger partial charge in [-0.05, 0) is 23.8 Å². The lowest BCUT2D eigenvalue weighted by Crippen LogP contribution is -2.33. The Morgan fingerprint density at radius 1 is 1.07 bits per heavy atom. The third-order valence-electron chi connectivity index (χ3n) is 4.15. The van der Waals surface area contributed by atoms with Gasteiger partial charge >= 0.3 is 0 Å². The quantitative estimate of drug-likeness (QED) is 0.430. The fraction of sp³-hybridized carbons (Fsp3) is 0.111. The number of hydrogen-bond acceptors (Lipinski definition) is 6. The van der Waals surface area contributed by atoms with E-state index in [1.807, 2.05) is 19.3 Å². The van der Waals surface area contributed by atoms with Crippen molar-refractivity contribution in [2.45, 2.75) is 6.17 Å². The number of nitrogens with one attached hydrogen (secondary N) is 2. The Morgan fingerprint density at radius 2 is 1.93 bits per heavy atom. The van der Waals surface area contributed by atoms with Gasteiger partial charge in [-0.25, -0.2) is 9.37 Å². The molecule has 9 heteroatoms. The lowest BCUT2D eigenvalue weighted by atomic mass is 10.0. The third-order valence-corrected chi connectivity index (χ3v) is 4.15. The lowest BCUT2D eigenvalue weighted by molar-refractivity contribution is 0.423. The van der Waals surface area contributed by atoms with Gasteiger partial charge in [0, 0.05) is 36.0 Å². The van der Waals surface area contributed by atoms with Gasteiger partial charge in [-0.15, -0.1) is 0 Å². The second-order valence-electron chi connectivity index (χ2n) is 6.00. The van der Waals surface area contributed by atoms with Crippen molar-refractivity contribution >= 4 is 16.7 Å². The third kappa shape index (κ3) is 3.10. The molecule has 0 radical (unpaired) electrons. The highest BCUT2D eigenvalue weighted by atomic mass is 19.1. The zero-order valence-corrected chi connectivity index (χ0v) is 14.3. The summed E-state index contributed by atoms with van der Waals surface area (Å²) in [5.41, 5.74) is 2.49. The van der Waals surface area contributed by atoms with Gasteiger partial charge in [-0.3, -0.25) is 20.5 Å². The van der Waals surface area contributed by atoms with Crippen molar-refractivity contribution in [2.24, 2.45) is 7.05 Å². The number of hydrogen-bond donors (Lipinski definition) is 2. The summed E-state index contributed by atoms with van der Waals surface area (Å²) in [6, 6.07) is 6.85. The zero-order valence-electron chi connectivity index (χ0n) is 14.3. The molecule has 1 atom stereocenters. The number of pyridine rings is 1. The largest absolute Gasteiger partial charge is 0.284 e. The van der Waals surface area contributed by atoms with Gasteiger partial charge in [-0.2, -0.15) is 14.9 Å². The van der Waals surface area contributed by atoms with Crippen LogP contribution in [-0.2, 0) is 7.05 Å². The Hall–Kier alpha value is -3.75. The maximum absolute atomic E-state index is 14.9. The molecule has 134 valence electrons. The fourth-order valence-corrected chi connectivity index (χ4v) is 2.79. The van der Waals surface area contributed by atoms with Gasteiger partial charge in [0.15, 0.2) is 12.0 Å². The van der Waals surface area contributed by atoms with Crippen LogP contribution in [-0.4, -0.2) is 35.4 Å². The predicted molar refractivity (Wildman–Crippen MR) is 96.8 cm³/mol. The molecule has 3 aromatic heterocycles. The standard InChI is InChI=1S/C18H15FN8/c1-26-10-14(9-25-26)13-7-12-6-11(2-3-15(12)23-8-13)16(19)17(20)27-18(21)22-4-5-24-27/h2-10,16,20-21H,1H3. The molecular weight excluding hydrogens is 347 g/mol. The first-order valence-electron chi connectivity index (χ1n) is 8.09. The average Bonchev–Trinajstić information content (AvgIpc) is 3.13. The molecule has 8 nitrogen and oxygen atoms in total. The van der Waals surface area contributed by atoms with Crippen molar-refractivity contribution in [3.05, 3.63) is 66.4 Å². The van der Waals surface area contributed by atoms with E-state index in [1.165, 1.54) is 12.4 Å². The Labute approximate surface area is 153 Å². The normalized spacial score (nSPS) is 12.2. The van der Waals surface area contributed by atoms with E-state index in [2.05, 4.69) is 20.2 Å². The number of fused-ring (bicyclic) bond motifs is 1. The van der Waals surface area contributed by atoms with E-state index in [9.17, 15) is 4.39 Å². The highest BCUT2D eigenvalue weighted by molar-refractivity contribution is 5.89. The van der Waals surface area contributed by atoms with Crippen LogP contribution in [0.15, 0.2) is 55.2 Å². The topological polar surface area (TPSA) is 109 Å². The van der Waals surface area contributed by atoms with Crippen molar-refractivity contribution in [2.75, 3.05) is 0 Å². The minimum atomic E-state index is -1.75. The summed E-state index contributed by atoms with van der Waals surface area (Å²) in [4.78, 5) is 8.13. The summed E-state index contributed by atoms with van der Waals surface area (Å²) < 4.78 is 17.5. The van der Waals surface area contributed by atoms with E-state index in [0.29, 0.717) is 0 Å². The molecule has 1 aromatic carbocycles. The van der Waals surface area contributed by atoms with Crippen molar-refractivity contribution in [3.63, 3.8) is 0 Å². The minimum absolute atomic E-state index is 0.287. The smallest absolute Gasteiger partial charge is 0.244 e. The first-order chi connectivity index (χ1) is 13.0. The van der Waals surface area contributed by atoms with Crippen molar-refractivity contribution < 1.29 is 4.39 Å². The number of aromatic nitrogens is 6. The monoisotopic (exact) mass is 362 g/mol. The molecule has 0 saturated carbocycles. The molecule has 0 bridgehead atoms. The van der Waals surface area contributed by atoms with Crippen LogP contribution in [0.25, 0.3) is 22.0 Å². The molecule has 0 saturated heterocycles. The summed E-state index contributed by atoms with van der Waals surface area (Å²) in [6.45, 7) is 0. The maximum atomic E-state index is 14.9. The summed E-state index contributed by atoms with van der Waals surface area (Å²) in [5.74, 6) is -0.469. The highest BCUT2D eigenvalue weighted by Crippen LogP contribution is 2.26. The van der Waals surface area contributed by atoms with Crippen LogP contribution < -0.4 is 5.62 Å². The van der Waals surface area contributed by atoms with Gasteiger partial charge in [-0.1, -0.05) is 6.07 Å². The molecule has 0 amide bonds. The van der Waals surface area contributed by atoms with E-state index in [4.69, 9.17) is 10.8 Å². The Bertz CT molecular complexity index is 1210. The number of rotatable bonds is 3. The summed E-state index contributed by atoms with van der Waals surface area (Å²) in [7, 11) is 1.83. The molecule has 1 unspecified atom stereocenters. The van der Waals surface area contributed by atoms with Crippen LogP contribution >= 0.6 is 0 Å².